The molecule has 2 fully saturated rings. The molecule has 0 aromatic heterocycles. The molecule has 1 saturated heterocycles. The van der Waals surface area contributed by atoms with Crippen LogP contribution >= 0.6 is 15.9 Å². The Morgan fingerprint density at radius 2 is 2.00 bits per heavy atom. The summed E-state index contributed by atoms with van der Waals surface area (Å²) < 4.78 is 5.26. The quantitative estimate of drug-likeness (QED) is 0.437. The van der Waals surface area contributed by atoms with Crippen molar-refractivity contribution >= 4 is 15.9 Å². The van der Waals surface area contributed by atoms with Crippen LogP contribution in [0.5, 0.6) is 0 Å². The highest BCUT2D eigenvalue weighted by molar-refractivity contribution is 9.09. The smallest absolute Gasteiger partial charge is 0.0845 e. The van der Waals surface area contributed by atoms with Crippen molar-refractivity contribution < 1.29 is 4.74 Å². The Balaban J connectivity index is 1.89. The molecule has 1 aliphatic carbocycles. The second kappa shape index (κ2) is 1.71. The van der Waals surface area contributed by atoms with E-state index < -0.39 is 0 Å². The van der Waals surface area contributed by atoms with E-state index in [2.05, 4.69) is 15.9 Å². The Kier molecular flexibility index (Phi) is 1.12. The van der Waals surface area contributed by atoms with Crippen molar-refractivity contribution in [3.63, 3.8) is 0 Å². The van der Waals surface area contributed by atoms with Gasteiger partial charge >= 0.3 is 0 Å². The highest BCUT2D eigenvalue weighted by Gasteiger charge is 2.47. The van der Waals surface area contributed by atoms with E-state index >= 15 is 0 Å². The zero-order valence-corrected chi connectivity index (χ0v) is 6.23. The zero-order valence-electron chi connectivity index (χ0n) is 4.64. The first kappa shape index (κ1) is 5.24. The highest BCUT2D eigenvalue weighted by atomic mass is 79.9. The molecular weight excluding hydrogens is 168 g/mol. The lowest BCUT2D eigenvalue weighted by Gasteiger charge is -2.03. The monoisotopic (exact) mass is 176 g/mol. The Morgan fingerprint density at radius 1 is 1.38 bits per heavy atom. The van der Waals surface area contributed by atoms with Crippen LogP contribution in [0.25, 0.3) is 0 Å². The molecule has 2 heteroatoms. The molecule has 0 N–H and O–H groups in total. The minimum Gasteiger partial charge on any atom is -0.370 e. The molecule has 1 heterocycles. The number of hydrogen-bond donors (Lipinski definition) is 0. The molecular formula is C6H9BrO. The molecule has 1 nitrogen and oxygen atoms in total. The molecule has 2 rings (SSSR count). The Hall–Kier alpha value is 0.440. The Labute approximate surface area is 57.5 Å². The largest absolute Gasteiger partial charge is 0.370 e. The predicted molar refractivity (Wildman–Crippen MR) is 35.2 cm³/mol. The van der Waals surface area contributed by atoms with E-state index in [1.807, 2.05) is 0 Å². The number of rotatable bonds is 1. The van der Waals surface area contributed by atoms with Gasteiger partial charge in [-0.1, -0.05) is 15.9 Å². The summed E-state index contributed by atoms with van der Waals surface area (Å²) in [5.74, 6) is 0.916. The van der Waals surface area contributed by atoms with Gasteiger partial charge in [-0.05, 0) is 18.8 Å². The normalized spacial score (nSPS) is 51.4. The summed E-state index contributed by atoms with van der Waals surface area (Å²) in [6.07, 6.45) is 3.93. The lowest BCUT2D eigenvalue weighted by atomic mass is 10.1. The van der Waals surface area contributed by atoms with Crippen LogP contribution in [-0.2, 0) is 4.74 Å². The molecule has 0 aromatic rings. The molecule has 0 aromatic carbocycles. The lowest BCUT2D eigenvalue weighted by molar-refractivity contribution is 0.286. The predicted octanol–water partition coefficient (Wildman–Crippen LogP) is 1.56. The number of fused-ring (bicyclic) bond motifs is 1. The third kappa shape index (κ3) is 0.705. The third-order valence-corrected chi connectivity index (χ3v) is 2.95. The summed E-state index contributed by atoms with van der Waals surface area (Å²) in [6, 6.07) is 0. The molecule has 1 aliphatic heterocycles. The van der Waals surface area contributed by atoms with Crippen molar-refractivity contribution in [2.45, 2.75) is 25.0 Å². The molecule has 1 unspecified atom stereocenters. The zero-order chi connectivity index (χ0) is 5.56. The summed E-state index contributed by atoms with van der Waals surface area (Å²) in [4.78, 5) is 0. The van der Waals surface area contributed by atoms with Crippen LogP contribution in [0.15, 0.2) is 0 Å². The average Bonchev–Trinajstić information content (AvgIpc) is 2.40. The molecule has 3 atom stereocenters. The first-order valence-corrected chi connectivity index (χ1v) is 4.23. The van der Waals surface area contributed by atoms with E-state index in [4.69, 9.17) is 4.74 Å². The van der Waals surface area contributed by atoms with Crippen LogP contribution in [0.2, 0.25) is 0 Å². The van der Waals surface area contributed by atoms with Gasteiger partial charge in [-0.2, -0.15) is 0 Å². The Morgan fingerprint density at radius 3 is 2.38 bits per heavy atom. The number of hydrogen-bond acceptors (Lipinski definition) is 1. The first-order valence-electron chi connectivity index (χ1n) is 3.11. The van der Waals surface area contributed by atoms with Gasteiger partial charge in [-0.15, -0.1) is 0 Å². The summed E-state index contributed by atoms with van der Waals surface area (Å²) in [5, 5.41) is 1.17. The second-order valence-electron chi connectivity index (χ2n) is 2.70. The maximum Gasteiger partial charge on any atom is 0.0845 e. The van der Waals surface area contributed by atoms with Crippen molar-refractivity contribution in [1.29, 1.82) is 0 Å². The lowest BCUT2D eigenvalue weighted by Crippen LogP contribution is -1.98. The van der Waals surface area contributed by atoms with Gasteiger partial charge in [0.15, 0.2) is 0 Å². The van der Waals surface area contributed by atoms with Gasteiger partial charge in [-0.3, -0.25) is 0 Å². The van der Waals surface area contributed by atoms with Gasteiger partial charge in [-0.25, -0.2) is 0 Å². The minimum absolute atomic E-state index is 0.664. The molecule has 0 spiro atoms. The first-order chi connectivity index (χ1) is 3.90. The average molecular weight is 177 g/mol. The van der Waals surface area contributed by atoms with Crippen molar-refractivity contribution in [1.82, 2.24) is 0 Å². The molecule has 2 aliphatic rings. The van der Waals surface area contributed by atoms with Crippen LogP contribution in [0.4, 0.5) is 0 Å². The van der Waals surface area contributed by atoms with E-state index in [1.54, 1.807) is 0 Å². The van der Waals surface area contributed by atoms with Gasteiger partial charge in [0.25, 0.3) is 0 Å². The van der Waals surface area contributed by atoms with E-state index in [1.165, 1.54) is 18.2 Å². The maximum atomic E-state index is 5.26. The van der Waals surface area contributed by atoms with E-state index in [0.29, 0.717) is 12.2 Å². The van der Waals surface area contributed by atoms with E-state index in [-0.39, 0.29) is 0 Å². The summed E-state index contributed by atoms with van der Waals surface area (Å²) in [7, 11) is 0. The van der Waals surface area contributed by atoms with Crippen LogP contribution in [-0.4, -0.2) is 17.5 Å². The molecule has 8 heavy (non-hydrogen) atoms. The van der Waals surface area contributed by atoms with Gasteiger partial charge in [0.1, 0.15) is 0 Å². The SMILES string of the molecule is BrCC1C[C@@H]2O[C@@H]2C1. The van der Waals surface area contributed by atoms with Gasteiger partial charge in [0.05, 0.1) is 12.2 Å². The fraction of sp³-hybridized carbons (Fsp3) is 1.00. The van der Waals surface area contributed by atoms with Gasteiger partial charge in [0, 0.05) is 5.33 Å². The number of halogens is 1. The van der Waals surface area contributed by atoms with E-state index in [0.717, 1.165) is 5.92 Å². The van der Waals surface area contributed by atoms with Crippen LogP contribution in [0.3, 0.4) is 0 Å². The highest BCUT2D eigenvalue weighted by Crippen LogP contribution is 2.42. The summed E-state index contributed by atoms with van der Waals surface area (Å²) in [6.45, 7) is 0. The third-order valence-electron chi connectivity index (χ3n) is 2.04. The second-order valence-corrected chi connectivity index (χ2v) is 3.35. The molecule has 0 amide bonds. The van der Waals surface area contributed by atoms with Crippen LogP contribution in [0.1, 0.15) is 12.8 Å². The van der Waals surface area contributed by atoms with Crippen molar-refractivity contribution in [3.05, 3.63) is 0 Å². The fourth-order valence-corrected chi connectivity index (χ4v) is 2.00. The van der Waals surface area contributed by atoms with Crippen molar-refractivity contribution in [2.75, 3.05) is 5.33 Å². The van der Waals surface area contributed by atoms with E-state index in [9.17, 15) is 0 Å². The number of alkyl halides is 1. The minimum atomic E-state index is 0.664. The summed E-state index contributed by atoms with van der Waals surface area (Å²) >= 11 is 3.47. The van der Waals surface area contributed by atoms with Crippen LogP contribution in [0, 0.1) is 5.92 Å². The molecule has 46 valence electrons. The van der Waals surface area contributed by atoms with Gasteiger partial charge in [0.2, 0.25) is 0 Å². The standard InChI is InChI=1S/C6H9BrO/c7-3-4-1-5-6(2-4)8-5/h4-6H,1-3H2/t4?,5-,6+. The number of epoxide rings is 1. The van der Waals surface area contributed by atoms with Gasteiger partial charge < -0.3 is 4.74 Å². The fourth-order valence-electron chi connectivity index (χ4n) is 1.47. The van der Waals surface area contributed by atoms with Crippen molar-refractivity contribution in [2.24, 2.45) is 5.92 Å². The number of ether oxygens (including phenoxy) is 1. The van der Waals surface area contributed by atoms with Crippen molar-refractivity contribution in [3.8, 4) is 0 Å². The summed E-state index contributed by atoms with van der Waals surface area (Å²) in [5.41, 5.74) is 0. The Bertz CT molecular complexity index is 94.7. The molecule has 0 bridgehead atoms. The van der Waals surface area contributed by atoms with Crippen LogP contribution < -0.4 is 0 Å². The maximum absolute atomic E-state index is 5.26. The molecule has 1 saturated carbocycles. The molecule has 0 radical (unpaired) electrons. The topological polar surface area (TPSA) is 12.5 Å².